The van der Waals surface area contributed by atoms with Crippen LogP contribution in [-0.2, 0) is 16.1 Å². The Bertz CT molecular complexity index is 463. The van der Waals surface area contributed by atoms with E-state index < -0.39 is 5.79 Å². The van der Waals surface area contributed by atoms with E-state index in [1.165, 1.54) is 0 Å². The predicted octanol–water partition coefficient (Wildman–Crippen LogP) is 1.97. The molecule has 2 rings (SSSR count). The zero-order valence-corrected chi connectivity index (χ0v) is 12.6. The zero-order valence-electron chi connectivity index (χ0n) is 12.6. The van der Waals surface area contributed by atoms with E-state index in [9.17, 15) is 5.11 Å². The molecule has 1 saturated heterocycles. The lowest BCUT2D eigenvalue weighted by Crippen LogP contribution is -2.41. The first-order chi connectivity index (χ1) is 9.43. The molecule has 112 valence electrons. The molecule has 0 saturated carbocycles. The third-order valence-electron chi connectivity index (χ3n) is 3.49. The van der Waals surface area contributed by atoms with Crippen LogP contribution in [0.2, 0.25) is 0 Å². The molecule has 1 N–H and O–H groups in total. The summed E-state index contributed by atoms with van der Waals surface area (Å²) >= 11 is 0. The molecule has 1 aliphatic heterocycles. The predicted molar refractivity (Wildman–Crippen MR) is 74.6 cm³/mol. The Hall–Kier alpha value is -1.17. The highest BCUT2D eigenvalue weighted by Crippen LogP contribution is 2.26. The molecule has 1 fully saturated rings. The van der Waals surface area contributed by atoms with Gasteiger partial charge in [0.05, 0.1) is 32.1 Å². The number of ether oxygens (including phenoxy) is 3. The first-order valence-electron chi connectivity index (χ1n) is 6.89. The Balaban J connectivity index is 1.98. The summed E-state index contributed by atoms with van der Waals surface area (Å²) in [6, 6.07) is 0. The maximum atomic E-state index is 9.25. The zero-order chi connectivity index (χ0) is 14.8. The molecule has 0 aromatic carbocycles. The second-order valence-corrected chi connectivity index (χ2v) is 5.70. The summed E-state index contributed by atoms with van der Waals surface area (Å²) in [6.07, 6.45) is 1.73. The van der Waals surface area contributed by atoms with Crippen molar-refractivity contribution in [3.05, 3.63) is 23.0 Å². The van der Waals surface area contributed by atoms with Gasteiger partial charge in [-0.2, -0.15) is 0 Å². The maximum absolute atomic E-state index is 9.25. The van der Waals surface area contributed by atoms with Crippen molar-refractivity contribution in [1.82, 2.24) is 4.98 Å². The van der Waals surface area contributed by atoms with Crippen molar-refractivity contribution in [2.24, 2.45) is 5.92 Å². The van der Waals surface area contributed by atoms with Crippen molar-refractivity contribution in [1.29, 1.82) is 0 Å². The SMILES string of the molecule is Cc1cnc(CO)c(C)c1OCC1COC(C)(C)OC1. The summed E-state index contributed by atoms with van der Waals surface area (Å²) in [5.41, 5.74) is 2.52. The van der Waals surface area contributed by atoms with Gasteiger partial charge in [-0.25, -0.2) is 0 Å². The minimum atomic E-state index is -0.497. The third kappa shape index (κ3) is 3.48. The fourth-order valence-electron chi connectivity index (χ4n) is 2.16. The van der Waals surface area contributed by atoms with Crippen molar-refractivity contribution in [3.8, 4) is 5.75 Å². The van der Waals surface area contributed by atoms with Crippen molar-refractivity contribution < 1.29 is 19.3 Å². The van der Waals surface area contributed by atoms with Gasteiger partial charge < -0.3 is 19.3 Å². The Morgan fingerprint density at radius 1 is 1.35 bits per heavy atom. The molecule has 0 unspecified atom stereocenters. The normalized spacial score (nSPS) is 19.1. The largest absolute Gasteiger partial charge is 0.492 e. The van der Waals surface area contributed by atoms with E-state index in [2.05, 4.69) is 4.98 Å². The monoisotopic (exact) mass is 281 g/mol. The smallest absolute Gasteiger partial charge is 0.162 e. The lowest BCUT2D eigenvalue weighted by atomic mass is 10.1. The van der Waals surface area contributed by atoms with Crippen molar-refractivity contribution in [3.63, 3.8) is 0 Å². The van der Waals surface area contributed by atoms with Gasteiger partial charge in [0, 0.05) is 23.2 Å². The average Bonchev–Trinajstić information content (AvgIpc) is 2.40. The van der Waals surface area contributed by atoms with Crippen molar-refractivity contribution in [2.75, 3.05) is 19.8 Å². The van der Waals surface area contributed by atoms with Gasteiger partial charge in [0.15, 0.2) is 5.79 Å². The van der Waals surface area contributed by atoms with Crippen molar-refractivity contribution >= 4 is 0 Å². The molecule has 0 spiro atoms. The summed E-state index contributed by atoms with van der Waals surface area (Å²) in [4.78, 5) is 4.19. The summed E-state index contributed by atoms with van der Waals surface area (Å²) < 4.78 is 17.1. The molecule has 1 aromatic heterocycles. The van der Waals surface area contributed by atoms with Gasteiger partial charge in [0.2, 0.25) is 0 Å². The molecule has 0 atom stereocenters. The van der Waals surface area contributed by atoms with E-state index in [-0.39, 0.29) is 12.5 Å². The molecule has 1 aliphatic rings. The molecular weight excluding hydrogens is 258 g/mol. The number of hydrogen-bond acceptors (Lipinski definition) is 5. The van der Waals surface area contributed by atoms with Crippen LogP contribution in [0.5, 0.6) is 5.75 Å². The van der Waals surface area contributed by atoms with Crippen LogP contribution < -0.4 is 4.74 Å². The van der Waals surface area contributed by atoms with E-state index >= 15 is 0 Å². The second kappa shape index (κ2) is 6.08. The Morgan fingerprint density at radius 3 is 2.60 bits per heavy atom. The number of nitrogens with zero attached hydrogens (tertiary/aromatic N) is 1. The third-order valence-corrected chi connectivity index (χ3v) is 3.49. The average molecular weight is 281 g/mol. The van der Waals surface area contributed by atoms with Crippen LogP contribution in [0.15, 0.2) is 6.20 Å². The fourth-order valence-corrected chi connectivity index (χ4v) is 2.16. The van der Waals surface area contributed by atoms with E-state index in [0.29, 0.717) is 25.5 Å². The highest BCUT2D eigenvalue weighted by molar-refractivity contribution is 5.40. The Morgan fingerprint density at radius 2 is 2.00 bits per heavy atom. The van der Waals surface area contributed by atoms with Gasteiger partial charge in [0.1, 0.15) is 5.75 Å². The number of aryl methyl sites for hydroxylation is 1. The first kappa shape index (κ1) is 15.2. The minimum Gasteiger partial charge on any atom is -0.492 e. The summed E-state index contributed by atoms with van der Waals surface area (Å²) in [6.45, 7) is 9.40. The highest BCUT2D eigenvalue weighted by Gasteiger charge is 2.28. The van der Waals surface area contributed by atoms with Gasteiger partial charge >= 0.3 is 0 Å². The van der Waals surface area contributed by atoms with Gasteiger partial charge in [-0.15, -0.1) is 0 Å². The number of aliphatic hydroxyl groups is 1. The first-order valence-corrected chi connectivity index (χ1v) is 6.89. The Kier molecular flexibility index (Phi) is 4.62. The number of rotatable bonds is 4. The quantitative estimate of drug-likeness (QED) is 0.914. The van der Waals surface area contributed by atoms with Crippen LogP contribution in [0.1, 0.15) is 30.7 Å². The van der Waals surface area contributed by atoms with E-state index in [1.54, 1.807) is 6.20 Å². The molecule has 0 amide bonds. The fraction of sp³-hybridized carbons (Fsp3) is 0.667. The minimum absolute atomic E-state index is 0.0771. The molecule has 2 heterocycles. The summed E-state index contributed by atoms with van der Waals surface area (Å²) in [7, 11) is 0. The van der Waals surface area contributed by atoms with Gasteiger partial charge in [-0.3, -0.25) is 4.98 Å². The lowest BCUT2D eigenvalue weighted by Gasteiger charge is -2.34. The standard InChI is InChI=1S/C15H23NO4/c1-10-5-16-13(6-17)11(2)14(10)18-7-12-8-19-15(3,4)20-9-12/h5,12,17H,6-9H2,1-4H3. The summed E-state index contributed by atoms with van der Waals surface area (Å²) in [5, 5.41) is 9.25. The van der Waals surface area contributed by atoms with Crippen LogP contribution in [0.4, 0.5) is 0 Å². The van der Waals surface area contributed by atoms with Crippen molar-refractivity contribution in [2.45, 2.75) is 40.1 Å². The molecule has 20 heavy (non-hydrogen) atoms. The molecule has 0 aliphatic carbocycles. The topological polar surface area (TPSA) is 60.8 Å². The van der Waals surface area contributed by atoms with Gasteiger partial charge in [0.25, 0.3) is 0 Å². The number of pyridine rings is 1. The van der Waals surface area contributed by atoms with Gasteiger partial charge in [-0.05, 0) is 27.7 Å². The van der Waals surface area contributed by atoms with Crippen LogP contribution >= 0.6 is 0 Å². The summed E-state index contributed by atoms with van der Waals surface area (Å²) in [5.74, 6) is 0.518. The van der Waals surface area contributed by atoms with Crippen LogP contribution in [-0.4, -0.2) is 35.7 Å². The van der Waals surface area contributed by atoms with Crippen LogP contribution in [0.25, 0.3) is 0 Å². The Labute approximate surface area is 119 Å². The van der Waals surface area contributed by atoms with Gasteiger partial charge in [-0.1, -0.05) is 0 Å². The molecule has 5 nitrogen and oxygen atoms in total. The molecular formula is C15H23NO4. The number of hydrogen-bond donors (Lipinski definition) is 1. The molecule has 0 bridgehead atoms. The lowest BCUT2D eigenvalue weighted by molar-refractivity contribution is -0.264. The maximum Gasteiger partial charge on any atom is 0.162 e. The van der Waals surface area contributed by atoms with Crippen LogP contribution in [0.3, 0.4) is 0 Å². The molecule has 0 radical (unpaired) electrons. The highest BCUT2D eigenvalue weighted by atomic mass is 16.7. The van der Waals surface area contributed by atoms with E-state index in [0.717, 1.165) is 16.9 Å². The molecule has 5 heteroatoms. The van der Waals surface area contributed by atoms with E-state index in [4.69, 9.17) is 14.2 Å². The van der Waals surface area contributed by atoms with Crippen LogP contribution in [0, 0.1) is 19.8 Å². The molecule has 1 aromatic rings. The second-order valence-electron chi connectivity index (χ2n) is 5.70. The van der Waals surface area contributed by atoms with E-state index in [1.807, 2.05) is 27.7 Å². The number of aliphatic hydroxyl groups excluding tert-OH is 1. The number of aromatic nitrogens is 1.